The molecule has 1 fully saturated rings. The third-order valence-electron chi connectivity index (χ3n) is 4.52. The van der Waals surface area contributed by atoms with Crippen molar-refractivity contribution in [2.45, 2.75) is 38.1 Å². The molecule has 2 heterocycles. The molecule has 118 valence electrons. The molecule has 4 rings (SSSR count). The van der Waals surface area contributed by atoms with Crippen LogP contribution in [0, 0.1) is 0 Å². The topological polar surface area (TPSA) is 53.6 Å². The van der Waals surface area contributed by atoms with Crippen LogP contribution in [-0.4, -0.2) is 21.2 Å². The van der Waals surface area contributed by atoms with E-state index in [4.69, 9.17) is 11.6 Å². The molecule has 0 amide bonds. The predicted octanol–water partition coefficient (Wildman–Crippen LogP) is 5.02. The lowest BCUT2D eigenvalue weighted by Crippen LogP contribution is -2.22. The first-order chi connectivity index (χ1) is 11.3. The Balaban J connectivity index is 1.77. The SMILES string of the molecule is Clc1cccc(-c2n[nH]c3ccnc(NC4CCCCC4)c23)c1. The van der Waals surface area contributed by atoms with E-state index in [9.17, 15) is 0 Å². The Bertz CT molecular complexity index is 821. The Kier molecular flexibility index (Phi) is 3.92. The van der Waals surface area contributed by atoms with Crippen LogP contribution >= 0.6 is 11.6 Å². The Hall–Kier alpha value is -2.07. The second-order valence-corrected chi connectivity index (χ2v) is 6.58. The normalized spacial score (nSPS) is 15.9. The highest BCUT2D eigenvalue weighted by atomic mass is 35.5. The summed E-state index contributed by atoms with van der Waals surface area (Å²) in [6, 6.07) is 10.3. The number of rotatable bonds is 3. The molecule has 0 aliphatic heterocycles. The number of aromatic amines is 1. The van der Waals surface area contributed by atoms with E-state index in [1.165, 1.54) is 32.1 Å². The maximum atomic E-state index is 6.14. The monoisotopic (exact) mass is 326 g/mol. The maximum Gasteiger partial charge on any atom is 0.137 e. The third kappa shape index (κ3) is 2.91. The molecule has 2 N–H and O–H groups in total. The number of nitrogens with one attached hydrogen (secondary N) is 2. The average Bonchev–Trinajstić information content (AvgIpc) is 3.01. The van der Waals surface area contributed by atoms with Gasteiger partial charge in [-0.1, -0.05) is 43.0 Å². The third-order valence-corrected chi connectivity index (χ3v) is 4.76. The number of fused-ring (bicyclic) bond motifs is 1. The minimum Gasteiger partial charge on any atom is -0.367 e. The van der Waals surface area contributed by atoms with Gasteiger partial charge in [0.25, 0.3) is 0 Å². The van der Waals surface area contributed by atoms with Gasteiger partial charge in [0.1, 0.15) is 11.5 Å². The Morgan fingerprint density at radius 2 is 2.00 bits per heavy atom. The summed E-state index contributed by atoms with van der Waals surface area (Å²) in [6.45, 7) is 0. The highest BCUT2D eigenvalue weighted by molar-refractivity contribution is 6.30. The maximum absolute atomic E-state index is 6.14. The first kappa shape index (κ1) is 14.5. The van der Waals surface area contributed by atoms with Crippen molar-refractivity contribution in [2.75, 3.05) is 5.32 Å². The minimum atomic E-state index is 0.504. The van der Waals surface area contributed by atoms with Crippen molar-refractivity contribution in [1.29, 1.82) is 0 Å². The van der Waals surface area contributed by atoms with Crippen LogP contribution in [0.2, 0.25) is 5.02 Å². The van der Waals surface area contributed by atoms with Crippen LogP contribution < -0.4 is 5.32 Å². The molecule has 0 atom stereocenters. The van der Waals surface area contributed by atoms with E-state index in [1.807, 2.05) is 36.5 Å². The molecule has 3 aromatic rings. The molecule has 1 aliphatic carbocycles. The fourth-order valence-electron chi connectivity index (χ4n) is 3.36. The Morgan fingerprint density at radius 1 is 1.13 bits per heavy atom. The zero-order chi connectivity index (χ0) is 15.6. The van der Waals surface area contributed by atoms with Gasteiger partial charge in [-0.2, -0.15) is 5.10 Å². The number of hydrogen-bond donors (Lipinski definition) is 2. The van der Waals surface area contributed by atoms with Gasteiger partial charge in [0.2, 0.25) is 0 Å². The molecule has 1 saturated carbocycles. The summed E-state index contributed by atoms with van der Waals surface area (Å²) in [4.78, 5) is 4.58. The molecule has 0 spiro atoms. The molecule has 23 heavy (non-hydrogen) atoms. The zero-order valence-corrected chi connectivity index (χ0v) is 13.6. The second-order valence-electron chi connectivity index (χ2n) is 6.14. The highest BCUT2D eigenvalue weighted by Crippen LogP contribution is 2.33. The van der Waals surface area contributed by atoms with Crippen LogP contribution in [0.1, 0.15) is 32.1 Å². The lowest BCUT2D eigenvalue weighted by atomic mass is 9.95. The standard InChI is InChI=1S/C18H19ClN4/c19-13-6-4-5-12(11-13)17-16-15(22-23-17)9-10-20-18(16)21-14-7-2-1-3-8-14/h4-6,9-11,14H,1-3,7-8H2,(H,20,21)(H,22,23). The fourth-order valence-corrected chi connectivity index (χ4v) is 3.55. The van der Waals surface area contributed by atoms with Gasteiger partial charge in [0, 0.05) is 22.8 Å². The van der Waals surface area contributed by atoms with Crippen molar-refractivity contribution in [3.05, 3.63) is 41.6 Å². The van der Waals surface area contributed by atoms with E-state index >= 15 is 0 Å². The summed E-state index contributed by atoms with van der Waals surface area (Å²) in [7, 11) is 0. The highest BCUT2D eigenvalue weighted by Gasteiger charge is 2.18. The molecule has 0 saturated heterocycles. The molecule has 4 nitrogen and oxygen atoms in total. The van der Waals surface area contributed by atoms with E-state index < -0.39 is 0 Å². The van der Waals surface area contributed by atoms with Crippen LogP contribution in [0.5, 0.6) is 0 Å². The summed E-state index contributed by atoms with van der Waals surface area (Å²) >= 11 is 6.14. The Morgan fingerprint density at radius 3 is 2.83 bits per heavy atom. The first-order valence-corrected chi connectivity index (χ1v) is 8.54. The number of halogens is 1. The van der Waals surface area contributed by atoms with E-state index in [-0.39, 0.29) is 0 Å². The number of hydrogen-bond acceptors (Lipinski definition) is 3. The van der Waals surface area contributed by atoms with Crippen molar-refractivity contribution in [1.82, 2.24) is 15.2 Å². The van der Waals surface area contributed by atoms with E-state index in [1.54, 1.807) is 0 Å². The van der Waals surface area contributed by atoms with Gasteiger partial charge in [-0.05, 0) is 31.0 Å². The molecular weight excluding hydrogens is 308 g/mol. The number of anilines is 1. The van der Waals surface area contributed by atoms with E-state index in [0.717, 1.165) is 28.0 Å². The van der Waals surface area contributed by atoms with Gasteiger partial charge in [0.05, 0.1) is 10.9 Å². The predicted molar refractivity (Wildman–Crippen MR) is 94.8 cm³/mol. The van der Waals surface area contributed by atoms with Gasteiger partial charge in [-0.15, -0.1) is 0 Å². The number of nitrogens with zero attached hydrogens (tertiary/aromatic N) is 2. The molecule has 2 aromatic heterocycles. The summed E-state index contributed by atoms with van der Waals surface area (Å²) in [6.07, 6.45) is 8.17. The van der Waals surface area contributed by atoms with Gasteiger partial charge in [-0.25, -0.2) is 4.98 Å². The molecule has 0 unspecified atom stereocenters. The van der Waals surface area contributed by atoms with Crippen LogP contribution in [0.15, 0.2) is 36.5 Å². The van der Waals surface area contributed by atoms with E-state index in [0.29, 0.717) is 11.1 Å². The first-order valence-electron chi connectivity index (χ1n) is 8.17. The van der Waals surface area contributed by atoms with Crippen LogP contribution in [0.25, 0.3) is 22.2 Å². The average molecular weight is 327 g/mol. The number of pyridine rings is 1. The van der Waals surface area contributed by atoms with Gasteiger partial charge in [0.15, 0.2) is 0 Å². The Labute approximate surface area is 140 Å². The lowest BCUT2D eigenvalue weighted by Gasteiger charge is -2.23. The lowest BCUT2D eigenvalue weighted by molar-refractivity contribution is 0.462. The molecule has 0 radical (unpaired) electrons. The fraction of sp³-hybridized carbons (Fsp3) is 0.333. The van der Waals surface area contributed by atoms with Crippen molar-refractivity contribution in [3.8, 4) is 11.3 Å². The van der Waals surface area contributed by atoms with Crippen molar-refractivity contribution < 1.29 is 0 Å². The van der Waals surface area contributed by atoms with Gasteiger partial charge >= 0.3 is 0 Å². The van der Waals surface area contributed by atoms with Crippen molar-refractivity contribution in [2.24, 2.45) is 0 Å². The van der Waals surface area contributed by atoms with Crippen LogP contribution in [0.3, 0.4) is 0 Å². The van der Waals surface area contributed by atoms with Crippen molar-refractivity contribution in [3.63, 3.8) is 0 Å². The van der Waals surface area contributed by atoms with E-state index in [2.05, 4.69) is 20.5 Å². The molecule has 5 heteroatoms. The van der Waals surface area contributed by atoms with Crippen LogP contribution in [0.4, 0.5) is 5.82 Å². The van der Waals surface area contributed by atoms with Crippen LogP contribution in [-0.2, 0) is 0 Å². The molecule has 1 aromatic carbocycles. The second kappa shape index (κ2) is 6.20. The van der Waals surface area contributed by atoms with Gasteiger partial charge < -0.3 is 5.32 Å². The number of benzene rings is 1. The number of aromatic nitrogens is 3. The zero-order valence-electron chi connectivity index (χ0n) is 12.8. The summed E-state index contributed by atoms with van der Waals surface area (Å²) in [5, 5.41) is 13.0. The summed E-state index contributed by atoms with van der Waals surface area (Å²) in [5.74, 6) is 0.915. The van der Waals surface area contributed by atoms with Gasteiger partial charge in [-0.3, -0.25) is 5.10 Å². The molecule has 0 bridgehead atoms. The summed E-state index contributed by atoms with van der Waals surface area (Å²) < 4.78 is 0. The molecular formula is C18H19ClN4. The van der Waals surface area contributed by atoms with Crippen molar-refractivity contribution >= 4 is 28.3 Å². The largest absolute Gasteiger partial charge is 0.367 e. The smallest absolute Gasteiger partial charge is 0.137 e. The number of H-pyrrole nitrogens is 1. The quantitative estimate of drug-likeness (QED) is 0.710. The summed E-state index contributed by atoms with van der Waals surface area (Å²) in [5.41, 5.74) is 2.89. The minimum absolute atomic E-state index is 0.504. The molecule has 1 aliphatic rings.